The van der Waals surface area contributed by atoms with Crippen LogP contribution in [0.4, 0.5) is 0 Å². The zero-order valence-corrected chi connectivity index (χ0v) is 12.0. The Morgan fingerprint density at radius 1 is 0.900 bits per heavy atom. The van der Waals surface area contributed by atoms with E-state index in [9.17, 15) is 5.11 Å². The quantitative estimate of drug-likeness (QED) is 0.809. The Kier molecular flexibility index (Phi) is 5.78. The summed E-state index contributed by atoms with van der Waals surface area (Å²) in [6.07, 6.45) is 0.937. The van der Waals surface area contributed by atoms with E-state index in [0.717, 1.165) is 13.0 Å². The van der Waals surface area contributed by atoms with E-state index >= 15 is 0 Å². The van der Waals surface area contributed by atoms with Crippen LogP contribution in [0.3, 0.4) is 0 Å². The number of aliphatic hydroxyl groups is 1. The van der Waals surface area contributed by atoms with Crippen molar-refractivity contribution >= 4 is 0 Å². The fourth-order valence-corrected chi connectivity index (χ4v) is 2.42. The van der Waals surface area contributed by atoms with E-state index in [-0.39, 0.29) is 12.6 Å². The van der Waals surface area contributed by atoms with Crippen molar-refractivity contribution < 1.29 is 5.11 Å². The number of hydrogen-bond acceptors (Lipinski definition) is 2. The molecule has 0 bridgehead atoms. The van der Waals surface area contributed by atoms with E-state index in [1.54, 1.807) is 0 Å². The maximum atomic E-state index is 9.32. The average Bonchev–Trinajstić information content (AvgIpc) is 2.53. The summed E-state index contributed by atoms with van der Waals surface area (Å²) >= 11 is 0. The highest BCUT2D eigenvalue weighted by Gasteiger charge is 2.15. The Hall–Kier alpha value is -1.64. The first-order valence-corrected chi connectivity index (χ1v) is 7.29. The van der Waals surface area contributed by atoms with Gasteiger partial charge in [-0.05, 0) is 17.5 Å². The third-order valence-electron chi connectivity index (χ3n) is 3.73. The molecule has 2 aromatic rings. The fraction of sp³-hybridized carbons (Fsp3) is 0.333. The minimum Gasteiger partial charge on any atom is -0.395 e. The molecule has 2 aromatic carbocycles. The molecule has 0 fully saturated rings. The molecule has 2 heteroatoms. The van der Waals surface area contributed by atoms with Crippen LogP contribution >= 0.6 is 0 Å². The van der Waals surface area contributed by atoms with Crippen molar-refractivity contribution in [3.05, 3.63) is 71.8 Å². The number of nitrogens with one attached hydrogen (secondary N) is 1. The van der Waals surface area contributed by atoms with Gasteiger partial charge in [0.2, 0.25) is 0 Å². The van der Waals surface area contributed by atoms with Crippen LogP contribution in [0.25, 0.3) is 0 Å². The van der Waals surface area contributed by atoms with Crippen molar-refractivity contribution in [1.29, 1.82) is 0 Å². The van der Waals surface area contributed by atoms with Crippen molar-refractivity contribution in [2.24, 2.45) is 0 Å². The second-order valence-electron chi connectivity index (χ2n) is 5.07. The van der Waals surface area contributed by atoms with Gasteiger partial charge in [-0.15, -0.1) is 0 Å². The Morgan fingerprint density at radius 2 is 1.40 bits per heavy atom. The Balaban J connectivity index is 2.17. The summed E-state index contributed by atoms with van der Waals surface area (Å²) in [6, 6.07) is 21.2. The molecular weight excluding hydrogens is 246 g/mol. The monoisotopic (exact) mass is 269 g/mol. The van der Waals surface area contributed by atoms with Crippen LogP contribution in [-0.2, 0) is 0 Å². The molecule has 0 spiro atoms. The van der Waals surface area contributed by atoms with Gasteiger partial charge in [0.25, 0.3) is 0 Å². The van der Waals surface area contributed by atoms with Gasteiger partial charge in [-0.2, -0.15) is 0 Å². The summed E-state index contributed by atoms with van der Waals surface area (Å²) in [5, 5.41) is 12.8. The van der Waals surface area contributed by atoms with Crippen LogP contribution in [-0.4, -0.2) is 24.3 Å². The van der Waals surface area contributed by atoms with Crippen LogP contribution < -0.4 is 5.32 Å². The maximum absolute atomic E-state index is 9.32. The van der Waals surface area contributed by atoms with Crippen LogP contribution in [0.2, 0.25) is 0 Å². The molecule has 0 heterocycles. The van der Waals surface area contributed by atoms with Gasteiger partial charge in [-0.25, -0.2) is 0 Å². The van der Waals surface area contributed by atoms with Gasteiger partial charge in [0.05, 0.1) is 6.61 Å². The highest BCUT2D eigenvalue weighted by atomic mass is 16.3. The molecular formula is C18H23NO. The predicted octanol–water partition coefficient (Wildman–Crippen LogP) is 3.18. The van der Waals surface area contributed by atoms with Crippen molar-refractivity contribution in [1.82, 2.24) is 5.32 Å². The van der Waals surface area contributed by atoms with E-state index in [1.165, 1.54) is 11.1 Å². The average molecular weight is 269 g/mol. The molecule has 106 valence electrons. The molecule has 0 aliphatic heterocycles. The molecule has 0 aliphatic carbocycles. The number of hydrogen-bond donors (Lipinski definition) is 2. The highest BCUT2D eigenvalue weighted by Crippen LogP contribution is 2.23. The third-order valence-corrected chi connectivity index (χ3v) is 3.73. The van der Waals surface area contributed by atoms with Crippen molar-refractivity contribution in [3.8, 4) is 0 Å². The molecule has 0 aromatic heterocycles. The minimum absolute atomic E-state index is 0.171. The first kappa shape index (κ1) is 14.8. The Labute approximate surface area is 121 Å². The van der Waals surface area contributed by atoms with Gasteiger partial charge in [-0.1, -0.05) is 67.6 Å². The molecule has 2 rings (SSSR count). The molecule has 0 unspecified atom stereocenters. The molecule has 2 N–H and O–H groups in total. The molecule has 0 radical (unpaired) electrons. The molecule has 0 saturated heterocycles. The zero-order valence-electron chi connectivity index (χ0n) is 12.0. The Morgan fingerprint density at radius 3 is 1.80 bits per heavy atom. The third kappa shape index (κ3) is 3.92. The lowest BCUT2D eigenvalue weighted by atomic mass is 9.91. The number of aliphatic hydroxyl groups excluding tert-OH is 1. The molecule has 2 nitrogen and oxygen atoms in total. The van der Waals surface area contributed by atoms with Gasteiger partial charge in [-0.3, -0.25) is 0 Å². The fourth-order valence-electron chi connectivity index (χ4n) is 2.42. The van der Waals surface area contributed by atoms with Crippen LogP contribution in [0.1, 0.15) is 30.4 Å². The summed E-state index contributed by atoms with van der Waals surface area (Å²) in [4.78, 5) is 0. The normalized spacial score (nSPS) is 12.6. The van der Waals surface area contributed by atoms with Crippen molar-refractivity contribution in [3.63, 3.8) is 0 Å². The van der Waals surface area contributed by atoms with Crippen LogP contribution in [0.5, 0.6) is 0 Å². The lowest BCUT2D eigenvalue weighted by molar-refractivity contribution is 0.238. The van der Waals surface area contributed by atoms with Crippen molar-refractivity contribution in [2.75, 3.05) is 13.2 Å². The van der Waals surface area contributed by atoms with Gasteiger partial charge in [0.15, 0.2) is 0 Å². The SMILES string of the molecule is CC[C@H](CO)NCC(c1ccccc1)c1ccccc1. The predicted molar refractivity (Wildman–Crippen MR) is 83.9 cm³/mol. The van der Waals surface area contributed by atoms with E-state index in [4.69, 9.17) is 0 Å². The number of benzene rings is 2. The van der Waals surface area contributed by atoms with Crippen molar-refractivity contribution in [2.45, 2.75) is 25.3 Å². The van der Waals surface area contributed by atoms with Crippen LogP contribution in [0, 0.1) is 0 Å². The van der Waals surface area contributed by atoms with Gasteiger partial charge < -0.3 is 10.4 Å². The standard InChI is InChI=1S/C18H23NO/c1-2-17(14-20)19-13-18(15-9-5-3-6-10-15)16-11-7-4-8-12-16/h3-12,17-20H,2,13-14H2,1H3/t17-/m1/s1. The molecule has 20 heavy (non-hydrogen) atoms. The molecule has 0 amide bonds. The summed E-state index contributed by atoms with van der Waals surface area (Å²) in [7, 11) is 0. The smallest absolute Gasteiger partial charge is 0.0584 e. The topological polar surface area (TPSA) is 32.3 Å². The maximum Gasteiger partial charge on any atom is 0.0584 e. The summed E-state index contributed by atoms with van der Waals surface area (Å²) in [6.45, 7) is 3.12. The van der Waals surface area contributed by atoms with Gasteiger partial charge in [0.1, 0.15) is 0 Å². The lowest BCUT2D eigenvalue weighted by Crippen LogP contribution is -2.35. The largest absolute Gasteiger partial charge is 0.395 e. The van der Waals surface area contributed by atoms with E-state index < -0.39 is 0 Å². The van der Waals surface area contributed by atoms with E-state index in [2.05, 4.69) is 60.8 Å². The second-order valence-corrected chi connectivity index (χ2v) is 5.07. The number of rotatable bonds is 7. The van der Waals surface area contributed by atoms with Crippen LogP contribution in [0.15, 0.2) is 60.7 Å². The summed E-state index contributed by atoms with van der Waals surface area (Å²) in [5.41, 5.74) is 2.61. The first-order chi connectivity index (χ1) is 9.85. The van der Waals surface area contributed by atoms with E-state index in [0.29, 0.717) is 5.92 Å². The molecule has 0 saturated carbocycles. The van der Waals surface area contributed by atoms with Gasteiger partial charge in [0, 0.05) is 18.5 Å². The first-order valence-electron chi connectivity index (χ1n) is 7.29. The van der Waals surface area contributed by atoms with E-state index in [1.807, 2.05) is 12.1 Å². The second kappa shape index (κ2) is 7.83. The highest BCUT2D eigenvalue weighted by molar-refractivity contribution is 5.32. The lowest BCUT2D eigenvalue weighted by Gasteiger charge is -2.22. The molecule has 1 atom stereocenters. The Bertz CT molecular complexity index is 440. The summed E-state index contributed by atoms with van der Waals surface area (Å²) in [5.74, 6) is 0.318. The zero-order chi connectivity index (χ0) is 14.2. The summed E-state index contributed by atoms with van der Waals surface area (Å²) < 4.78 is 0. The minimum atomic E-state index is 0.171. The molecule has 0 aliphatic rings. The van der Waals surface area contributed by atoms with Gasteiger partial charge >= 0.3 is 0 Å².